The number of hydrazone groups is 1. The summed E-state index contributed by atoms with van der Waals surface area (Å²) in [6.07, 6.45) is 13.4. The standard InChI is InChI=1S/C22H26N6O3/c1-3-18(31-22-10-9-19(15-23-22)30-13-5-12-29)8-7-17-14-21(25-16-24-17)26-20-6-4-11-28(2)27-20/h3-4,6-10,15-16,29H,1,5,11-14H2,2H3,(H,24,25,26,27)/b17-7+,18-8+. The number of aliphatic hydroxyl groups is 1. The van der Waals surface area contributed by atoms with E-state index in [2.05, 4.69) is 32.0 Å². The molecule has 0 bridgehead atoms. The second-order valence-electron chi connectivity index (χ2n) is 6.64. The van der Waals surface area contributed by atoms with E-state index in [4.69, 9.17) is 14.6 Å². The summed E-state index contributed by atoms with van der Waals surface area (Å²) in [5, 5.41) is 18.2. The molecule has 2 N–H and O–H groups in total. The quantitative estimate of drug-likeness (QED) is 0.379. The number of hydrogen-bond donors (Lipinski definition) is 2. The first kappa shape index (κ1) is 22.0. The highest BCUT2D eigenvalue weighted by atomic mass is 16.5. The number of allylic oxidation sites excluding steroid dienone is 3. The Morgan fingerprint density at radius 3 is 3.03 bits per heavy atom. The third-order valence-corrected chi connectivity index (χ3v) is 4.13. The fourth-order valence-corrected chi connectivity index (χ4v) is 2.61. The van der Waals surface area contributed by atoms with E-state index in [1.807, 2.05) is 30.3 Å². The van der Waals surface area contributed by atoms with Crippen LogP contribution in [0.15, 0.2) is 81.8 Å². The molecule has 0 amide bonds. The fraction of sp³-hybridized carbons (Fsp3) is 0.273. The summed E-state index contributed by atoms with van der Waals surface area (Å²) < 4.78 is 11.2. The molecule has 31 heavy (non-hydrogen) atoms. The number of nitrogens with zero attached hydrogens (tertiary/aromatic N) is 5. The molecule has 0 fully saturated rings. The number of aromatic nitrogens is 1. The van der Waals surface area contributed by atoms with Gasteiger partial charge in [0.2, 0.25) is 5.88 Å². The van der Waals surface area contributed by atoms with Crippen LogP contribution in [-0.2, 0) is 0 Å². The van der Waals surface area contributed by atoms with Gasteiger partial charge in [0.15, 0.2) is 5.84 Å². The van der Waals surface area contributed by atoms with Crippen LogP contribution in [0.4, 0.5) is 0 Å². The number of pyridine rings is 1. The van der Waals surface area contributed by atoms with Crippen LogP contribution < -0.4 is 14.8 Å². The maximum Gasteiger partial charge on any atom is 0.219 e. The third-order valence-electron chi connectivity index (χ3n) is 4.13. The lowest BCUT2D eigenvalue weighted by molar-refractivity contribution is 0.233. The predicted molar refractivity (Wildman–Crippen MR) is 121 cm³/mol. The van der Waals surface area contributed by atoms with Crippen molar-refractivity contribution in [3.05, 3.63) is 66.7 Å². The van der Waals surface area contributed by atoms with E-state index < -0.39 is 0 Å². The number of aliphatic imine (C=N–C) groups is 2. The molecule has 0 aromatic carbocycles. The number of aliphatic hydroxyl groups excluding tert-OH is 1. The minimum absolute atomic E-state index is 0.0915. The predicted octanol–water partition coefficient (Wildman–Crippen LogP) is 2.41. The van der Waals surface area contributed by atoms with Gasteiger partial charge >= 0.3 is 0 Å². The molecule has 1 aromatic heterocycles. The molecule has 9 heteroatoms. The lowest BCUT2D eigenvalue weighted by atomic mass is 10.2. The number of likely N-dealkylation sites (N-methyl/N-ethyl adjacent to an activating group) is 1. The summed E-state index contributed by atoms with van der Waals surface area (Å²) in [5.41, 5.74) is 0.815. The Bertz CT molecular complexity index is 944. The lowest BCUT2D eigenvalue weighted by Crippen LogP contribution is -2.34. The van der Waals surface area contributed by atoms with Crippen LogP contribution in [0.3, 0.4) is 0 Å². The first-order valence-electron chi connectivity index (χ1n) is 9.89. The van der Waals surface area contributed by atoms with E-state index in [1.165, 1.54) is 6.34 Å². The molecule has 9 nitrogen and oxygen atoms in total. The van der Waals surface area contributed by atoms with Gasteiger partial charge in [0.25, 0.3) is 0 Å². The molecular formula is C22H26N6O3. The van der Waals surface area contributed by atoms with Crippen molar-refractivity contribution in [2.45, 2.75) is 12.8 Å². The molecule has 0 aliphatic carbocycles. The average Bonchev–Trinajstić information content (AvgIpc) is 2.78. The SMILES string of the molecule is C=C/C(=C\C=C1/CC(NC2=NN(C)CC=C2)=NC=N1)Oc1ccc(OCCCO)cn1. The van der Waals surface area contributed by atoms with Gasteiger partial charge in [-0.25, -0.2) is 15.0 Å². The Balaban J connectivity index is 1.57. The summed E-state index contributed by atoms with van der Waals surface area (Å²) in [5.74, 6) is 3.06. The fourth-order valence-electron chi connectivity index (χ4n) is 2.61. The van der Waals surface area contributed by atoms with Gasteiger partial charge in [-0.1, -0.05) is 12.7 Å². The van der Waals surface area contributed by atoms with E-state index in [9.17, 15) is 0 Å². The second kappa shape index (κ2) is 11.5. The van der Waals surface area contributed by atoms with Crippen LogP contribution >= 0.6 is 0 Å². The molecular weight excluding hydrogens is 396 g/mol. The summed E-state index contributed by atoms with van der Waals surface area (Å²) in [6.45, 7) is 5.10. The first-order valence-corrected chi connectivity index (χ1v) is 9.89. The van der Waals surface area contributed by atoms with Gasteiger partial charge in [0.05, 0.1) is 19.3 Å². The first-order chi connectivity index (χ1) is 15.2. The van der Waals surface area contributed by atoms with Gasteiger partial charge in [0, 0.05) is 38.3 Å². The van der Waals surface area contributed by atoms with Crippen molar-refractivity contribution < 1.29 is 14.6 Å². The van der Waals surface area contributed by atoms with E-state index in [-0.39, 0.29) is 6.61 Å². The normalized spacial score (nSPS) is 17.3. The van der Waals surface area contributed by atoms with Gasteiger partial charge in [-0.05, 0) is 30.4 Å². The zero-order valence-corrected chi connectivity index (χ0v) is 17.4. The van der Waals surface area contributed by atoms with Crippen LogP contribution in [0.2, 0.25) is 0 Å². The largest absolute Gasteiger partial charge is 0.492 e. The molecule has 0 spiro atoms. The highest BCUT2D eigenvalue weighted by molar-refractivity contribution is 6.08. The third kappa shape index (κ3) is 7.23. The van der Waals surface area contributed by atoms with E-state index in [0.717, 1.165) is 23.9 Å². The molecule has 0 radical (unpaired) electrons. The smallest absolute Gasteiger partial charge is 0.219 e. The van der Waals surface area contributed by atoms with Crippen LogP contribution in [0.5, 0.6) is 11.6 Å². The molecule has 162 valence electrons. The Kier molecular flexibility index (Phi) is 8.13. The number of ether oxygens (including phenoxy) is 2. The van der Waals surface area contributed by atoms with Crippen molar-refractivity contribution >= 4 is 18.0 Å². The van der Waals surface area contributed by atoms with Gasteiger partial charge in [0.1, 0.15) is 23.7 Å². The maximum absolute atomic E-state index is 8.79. The van der Waals surface area contributed by atoms with Crippen molar-refractivity contribution in [2.75, 3.05) is 26.8 Å². The Labute approximate surface area is 181 Å². The van der Waals surface area contributed by atoms with E-state index in [0.29, 0.717) is 36.8 Å². The molecule has 0 saturated heterocycles. The molecule has 0 unspecified atom stereocenters. The molecule has 3 rings (SSSR count). The number of nitrogens with one attached hydrogen (secondary N) is 1. The summed E-state index contributed by atoms with van der Waals surface area (Å²) >= 11 is 0. The zero-order chi connectivity index (χ0) is 21.9. The van der Waals surface area contributed by atoms with Crippen LogP contribution in [0, 0.1) is 0 Å². The topological polar surface area (TPSA) is 104 Å². The monoisotopic (exact) mass is 422 g/mol. The highest BCUT2D eigenvalue weighted by Gasteiger charge is 2.10. The minimum atomic E-state index is 0.0915. The van der Waals surface area contributed by atoms with Gasteiger partial charge in [-0.3, -0.25) is 5.01 Å². The molecule has 1 aromatic rings. The second-order valence-corrected chi connectivity index (χ2v) is 6.64. The lowest BCUT2D eigenvalue weighted by Gasteiger charge is -2.18. The van der Waals surface area contributed by atoms with Crippen molar-refractivity contribution in [2.24, 2.45) is 15.1 Å². The summed E-state index contributed by atoms with van der Waals surface area (Å²) in [6, 6.07) is 3.47. The maximum atomic E-state index is 8.79. The van der Waals surface area contributed by atoms with Crippen LogP contribution in [-0.4, -0.2) is 59.9 Å². The Morgan fingerprint density at radius 2 is 2.29 bits per heavy atom. The minimum Gasteiger partial charge on any atom is -0.492 e. The van der Waals surface area contributed by atoms with Gasteiger partial charge in [-0.2, -0.15) is 5.10 Å². The number of amidine groups is 2. The average molecular weight is 422 g/mol. The number of rotatable bonds is 8. The van der Waals surface area contributed by atoms with Crippen molar-refractivity contribution in [1.29, 1.82) is 0 Å². The zero-order valence-electron chi connectivity index (χ0n) is 17.4. The molecule has 3 heterocycles. The Morgan fingerprint density at radius 1 is 1.39 bits per heavy atom. The van der Waals surface area contributed by atoms with Crippen molar-refractivity contribution in [3.8, 4) is 11.6 Å². The van der Waals surface area contributed by atoms with Gasteiger partial charge < -0.3 is 19.9 Å². The van der Waals surface area contributed by atoms with E-state index in [1.54, 1.807) is 30.5 Å². The molecule has 0 saturated carbocycles. The summed E-state index contributed by atoms with van der Waals surface area (Å²) in [7, 11) is 1.91. The van der Waals surface area contributed by atoms with Crippen LogP contribution in [0.25, 0.3) is 0 Å². The summed E-state index contributed by atoms with van der Waals surface area (Å²) in [4.78, 5) is 12.8. The van der Waals surface area contributed by atoms with Crippen LogP contribution in [0.1, 0.15) is 12.8 Å². The van der Waals surface area contributed by atoms with Gasteiger partial charge in [-0.15, -0.1) is 0 Å². The van der Waals surface area contributed by atoms with E-state index >= 15 is 0 Å². The Hall–Kier alpha value is -3.72. The highest BCUT2D eigenvalue weighted by Crippen LogP contribution is 2.17. The number of hydrogen-bond acceptors (Lipinski definition) is 9. The molecule has 2 aliphatic heterocycles. The van der Waals surface area contributed by atoms with Crippen molar-refractivity contribution in [3.63, 3.8) is 0 Å². The molecule has 2 aliphatic rings. The van der Waals surface area contributed by atoms with Crippen molar-refractivity contribution in [1.82, 2.24) is 15.3 Å². The molecule has 0 atom stereocenters.